The summed E-state index contributed by atoms with van der Waals surface area (Å²) in [7, 11) is 7.57. The highest BCUT2D eigenvalue weighted by Gasteiger charge is 2.15. The van der Waals surface area contributed by atoms with Gasteiger partial charge in [0.15, 0.2) is 0 Å². The van der Waals surface area contributed by atoms with Crippen molar-refractivity contribution in [1.29, 1.82) is 0 Å². The third kappa shape index (κ3) is 10.3. The molecule has 0 spiro atoms. The molecule has 0 radical (unpaired) electrons. The number of benzene rings is 4. The number of esters is 2. The van der Waals surface area contributed by atoms with Crippen molar-refractivity contribution in [3.8, 4) is 34.1 Å². The number of hydrogen-bond acceptors (Lipinski definition) is 10. The largest absolute Gasteiger partial charge is 0.497 e. The molecule has 2 N–H and O–H groups in total. The standard InChI is InChI=1S/C16H16O4.C9H9BrO3.C7H9BO3/c1-18-12-6-4-5-11(9-12)15-10-13(19-2)7-8-14(15)16(17)20-3;1-12-6-3-4-7(8(10)5-6)9(11)13-2;1-11-7-4-2-3-6(5-7)8(9)10/h4-10H,1-3H3;3-5H,1-2H3;2-5,9-10H,1H3. The van der Waals surface area contributed by atoms with Gasteiger partial charge in [0.1, 0.15) is 23.0 Å². The van der Waals surface area contributed by atoms with E-state index in [9.17, 15) is 9.59 Å². The van der Waals surface area contributed by atoms with Gasteiger partial charge in [-0.2, -0.15) is 0 Å². The molecule has 12 heteroatoms. The molecule has 0 saturated heterocycles. The highest BCUT2D eigenvalue weighted by Crippen LogP contribution is 2.31. The van der Waals surface area contributed by atoms with Gasteiger partial charge in [0, 0.05) is 4.47 Å². The van der Waals surface area contributed by atoms with E-state index < -0.39 is 7.12 Å². The first-order valence-electron chi connectivity index (χ1n) is 12.9. The number of halogens is 1. The molecule has 0 unspecified atom stereocenters. The minimum absolute atomic E-state index is 0.366. The summed E-state index contributed by atoms with van der Waals surface area (Å²) in [4.78, 5) is 23.0. The monoisotopic (exact) mass is 668 g/mol. The van der Waals surface area contributed by atoms with Crippen molar-refractivity contribution >= 4 is 40.4 Å². The zero-order valence-electron chi connectivity index (χ0n) is 25.2. The molecular weight excluding hydrogens is 635 g/mol. The Bertz CT molecular complexity index is 1530. The fourth-order valence-corrected chi connectivity index (χ4v) is 4.19. The molecule has 0 amide bonds. The number of ether oxygens (including phenoxy) is 6. The molecule has 0 aliphatic rings. The molecule has 0 bridgehead atoms. The molecular formula is C32H34BBrO10. The minimum atomic E-state index is -1.43. The van der Waals surface area contributed by atoms with Crippen molar-refractivity contribution in [1.82, 2.24) is 0 Å². The minimum Gasteiger partial charge on any atom is -0.497 e. The van der Waals surface area contributed by atoms with Gasteiger partial charge in [-0.1, -0.05) is 24.3 Å². The maximum Gasteiger partial charge on any atom is 0.488 e. The SMILES string of the molecule is COC(=O)c1ccc(OC)cc1-c1cccc(OC)c1.COC(=O)c1ccc(OC)cc1Br.COc1cccc(B(O)O)c1. The van der Waals surface area contributed by atoms with Crippen LogP contribution >= 0.6 is 15.9 Å². The Morgan fingerprint density at radius 2 is 1.07 bits per heavy atom. The maximum atomic E-state index is 11.9. The maximum absolute atomic E-state index is 11.9. The summed E-state index contributed by atoms with van der Waals surface area (Å²) in [6, 6.07) is 24.4. The Morgan fingerprint density at radius 3 is 1.59 bits per heavy atom. The summed E-state index contributed by atoms with van der Waals surface area (Å²) in [5, 5.41) is 17.5. The molecule has 0 saturated carbocycles. The summed E-state index contributed by atoms with van der Waals surface area (Å²) in [6.45, 7) is 0. The van der Waals surface area contributed by atoms with Crippen LogP contribution in [-0.2, 0) is 9.47 Å². The average molecular weight is 669 g/mol. The van der Waals surface area contributed by atoms with Crippen LogP contribution < -0.4 is 24.4 Å². The van der Waals surface area contributed by atoms with Crippen LogP contribution in [0.3, 0.4) is 0 Å². The Kier molecular flexibility index (Phi) is 14.8. The third-order valence-electron chi connectivity index (χ3n) is 5.99. The molecule has 0 aliphatic carbocycles. The summed E-state index contributed by atoms with van der Waals surface area (Å²) in [5.41, 5.74) is 3.02. The smallest absolute Gasteiger partial charge is 0.488 e. The van der Waals surface area contributed by atoms with Crippen LogP contribution in [0.4, 0.5) is 0 Å². The van der Waals surface area contributed by atoms with Crippen LogP contribution in [0.2, 0.25) is 0 Å². The van der Waals surface area contributed by atoms with Crippen LogP contribution in [0.5, 0.6) is 23.0 Å². The van der Waals surface area contributed by atoms with E-state index in [1.807, 2.05) is 24.3 Å². The van der Waals surface area contributed by atoms with Crippen molar-refractivity contribution in [2.24, 2.45) is 0 Å². The first-order valence-corrected chi connectivity index (χ1v) is 13.7. The first-order chi connectivity index (χ1) is 21.1. The number of methoxy groups -OCH3 is 6. The fourth-order valence-electron chi connectivity index (χ4n) is 3.67. The number of carbonyl (C=O) groups excluding carboxylic acids is 2. The molecule has 0 aliphatic heterocycles. The second-order valence-corrected chi connectivity index (χ2v) is 9.48. The van der Waals surface area contributed by atoms with E-state index in [0.29, 0.717) is 38.3 Å². The highest BCUT2D eigenvalue weighted by atomic mass is 79.9. The Morgan fingerprint density at radius 1 is 0.591 bits per heavy atom. The molecule has 232 valence electrons. The van der Waals surface area contributed by atoms with Crippen LogP contribution in [0.25, 0.3) is 11.1 Å². The molecule has 10 nitrogen and oxygen atoms in total. The summed E-state index contributed by atoms with van der Waals surface area (Å²) < 4.78 is 30.4. The predicted octanol–water partition coefficient (Wildman–Crippen LogP) is 4.78. The van der Waals surface area contributed by atoms with Crippen LogP contribution in [0.15, 0.2) is 89.4 Å². The molecule has 4 aromatic carbocycles. The zero-order chi connectivity index (χ0) is 32.6. The quantitative estimate of drug-likeness (QED) is 0.200. The van der Waals surface area contributed by atoms with Crippen molar-refractivity contribution < 1.29 is 48.1 Å². The summed E-state index contributed by atoms with van der Waals surface area (Å²) >= 11 is 3.25. The average Bonchev–Trinajstić information content (AvgIpc) is 3.07. The van der Waals surface area contributed by atoms with Crippen LogP contribution in [-0.4, -0.2) is 71.8 Å². The van der Waals surface area contributed by atoms with E-state index in [0.717, 1.165) is 16.9 Å². The third-order valence-corrected chi connectivity index (χ3v) is 6.64. The Hall–Kier alpha value is -4.52. The number of hydrogen-bond donors (Lipinski definition) is 2. The van der Waals surface area contributed by atoms with Gasteiger partial charge in [-0.05, 0) is 93.2 Å². The topological polar surface area (TPSA) is 130 Å². The molecule has 0 heterocycles. The molecule has 44 heavy (non-hydrogen) atoms. The van der Waals surface area contributed by atoms with Crippen molar-refractivity contribution in [2.75, 3.05) is 42.7 Å². The molecule has 0 atom stereocenters. The van der Waals surface area contributed by atoms with E-state index in [1.165, 1.54) is 21.3 Å². The lowest BCUT2D eigenvalue weighted by atomic mass is 9.80. The van der Waals surface area contributed by atoms with Gasteiger partial charge < -0.3 is 38.5 Å². The van der Waals surface area contributed by atoms with Crippen LogP contribution in [0.1, 0.15) is 20.7 Å². The van der Waals surface area contributed by atoms with Crippen molar-refractivity contribution in [3.63, 3.8) is 0 Å². The van der Waals surface area contributed by atoms with Gasteiger partial charge >= 0.3 is 19.1 Å². The van der Waals surface area contributed by atoms with E-state index >= 15 is 0 Å². The number of rotatable bonds is 8. The van der Waals surface area contributed by atoms with Gasteiger partial charge in [0.2, 0.25) is 0 Å². The molecule has 0 aromatic heterocycles. The van der Waals surface area contributed by atoms with Gasteiger partial charge in [-0.15, -0.1) is 0 Å². The lowest BCUT2D eigenvalue weighted by Gasteiger charge is -2.11. The lowest BCUT2D eigenvalue weighted by molar-refractivity contribution is 0.0591. The predicted molar refractivity (Wildman–Crippen MR) is 171 cm³/mol. The van der Waals surface area contributed by atoms with E-state index in [2.05, 4.69) is 20.7 Å². The van der Waals surface area contributed by atoms with Crippen LogP contribution in [0, 0.1) is 0 Å². The van der Waals surface area contributed by atoms with Gasteiger partial charge in [0.25, 0.3) is 0 Å². The van der Waals surface area contributed by atoms with E-state index in [4.69, 9.17) is 33.7 Å². The normalized spacial score (nSPS) is 9.66. The molecule has 0 fully saturated rings. The first kappa shape index (κ1) is 35.7. The highest BCUT2D eigenvalue weighted by molar-refractivity contribution is 9.10. The zero-order valence-corrected chi connectivity index (χ0v) is 26.8. The van der Waals surface area contributed by atoms with Crippen molar-refractivity contribution in [2.45, 2.75) is 0 Å². The second kappa shape index (κ2) is 18.2. The lowest BCUT2D eigenvalue weighted by Crippen LogP contribution is -2.29. The summed E-state index contributed by atoms with van der Waals surface area (Å²) in [5.74, 6) is 1.96. The number of carbonyl (C=O) groups is 2. The summed E-state index contributed by atoms with van der Waals surface area (Å²) in [6.07, 6.45) is 0. The van der Waals surface area contributed by atoms with Gasteiger partial charge in [0.05, 0.1) is 53.8 Å². The Labute approximate surface area is 265 Å². The van der Waals surface area contributed by atoms with E-state index in [-0.39, 0.29) is 11.9 Å². The van der Waals surface area contributed by atoms with E-state index in [1.54, 1.807) is 82.0 Å². The van der Waals surface area contributed by atoms with Gasteiger partial charge in [-0.3, -0.25) is 0 Å². The fraction of sp³-hybridized carbons (Fsp3) is 0.188. The molecule has 4 aromatic rings. The second-order valence-electron chi connectivity index (χ2n) is 8.62. The molecule has 4 rings (SSSR count). The Balaban J connectivity index is 0.000000244. The van der Waals surface area contributed by atoms with Gasteiger partial charge in [-0.25, -0.2) is 9.59 Å². The van der Waals surface area contributed by atoms with Crippen molar-refractivity contribution in [3.05, 3.63) is 101 Å².